The summed E-state index contributed by atoms with van der Waals surface area (Å²) in [6.45, 7) is 19.4. The van der Waals surface area contributed by atoms with Gasteiger partial charge in [0.15, 0.2) is 16.5 Å². The number of rotatable bonds is 28. The summed E-state index contributed by atoms with van der Waals surface area (Å²) in [4.78, 5) is 94.1. The molecule has 17 nitrogen and oxygen atoms in total. The lowest BCUT2D eigenvalue weighted by Crippen LogP contribution is -2.54. The number of carbonyl (C=O) groups is 5. The lowest BCUT2D eigenvalue weighted by molar-refractivity contribution is -0.383. The Morgan fingerprint density at radius 1 is 0.903 bits per heavy atom. The third-order valence-corrected chi connectivity index (χ3v) is 17.4. The van der Waals surface area contributed by atoms with E-state index in [0.717, 1.165) is 12.0 Å². The molecule has 0 saturated carbocycles. The molecule has 10 atom stereocenters. The SMILES string of the molecule is CC[C@H](C)[C@@H]([C@@H](CC(=O)N1CCC[C@H]1[C@H](OC)[C@@H](C)C(=O)C[C@H](C)[C@@H](O)c1ccccc1)OC)N(C)C(=O)[C@@H](CC(=O)[C@H](C(C)C)N(C)C(=O)OCC(C)(C)SSc1nc2c([N+](=O)[O-])cccc2[nH]1)C(C)C. The molecular formula is C53H80N6O11S2. The molecule has 0 bridgehead atoms. The lowest BCUT2D eigenvalue weighted by atomic mass is 9.83. The summed E-state index contributed by atoms with van der Waals surface area (Å²) in [5.74, 6) is -3.06. The Morgan fingerprint density at radius 2 is 1.57 bits per heavy atom. The van der Waals surface area contributed by atoms with E-state index in [1.165, 1.54) is 46.7 Å². The number of para-hydroxylation sites is 1. The molecule has 4 rings (SSSR count). The number of benzene rings is 2. The van der Waals surface area contributed by atoms with Crippen molar-refractivity contribution in [3.05, 3.63) is 64.2 Å². The molecule has 0 aliphatic carbocycles. The minimum absolute atomic E-state index is 0.0177. The van der Waals surface area contributed by atoms with Gasteiger partial charge in [0.2, 0.25) is 11.8 Å². The lowest BCUT2D eigenvalue weighted by Gasteiger charge is -2.41. The first-order valence-electron chi connectivity index (χ1n) is 25.2. The van der Waals surface area contributed by atoms with Crippen molar-refractivity contribution in [1.29, 1.82) is 0 Å². The second kappa shape index (κ2) is 27.1. The van der Waals surface area contributed by atoms with E-state index in [2.05, 4.69) is 9.97 Å². The van der Waals surface area contributed by atoms with Crippen molar-refractivity contribution in [2.45, 2.75) is 154 Å². The van der Waals surface area contributed by atoms with Crippen molar-refractivity contribution < 1.29 is 48.2 Å². The molecule has 1 aromatic heterocycles. The zero-order valence-corrected chi connectivity index (χ0v) is 46.4. The number of nitro benzene ring substituents is 1. The van der Waals surface area contributed by atoms with E-state index in [1.54, 1.807) is 36.1 Å². The smallest absolute Gasteiger partial charge is 0.410 e. The Kier molecular flexibility index (Phi) is 22.6. The fraction of sp³-hybridized carbons (Fsp3) is 0.660. The predicted molar refractivity (Wildman–Crippen MR) is 282 cm³/mol. The summed E-state index contributed by atoms with van der Waals surface area (Å²) in [5.41, 5.74) is 1.44. The highest BCUT2D eigenvalue weighted by Crippen LogP contribution is 2.41. The number of ketones is 2. The summed E-state index contributed by atoms with van der Waals surface area (Å²) in [6, 6.07) is 12.2. The number of hydrogen-bond acceptors (Lipinski definition) is 14. The Morgan fingerprint density at radius 3 is 2.15 bits per heavy atom. The first-order chi connectivity index (χ1) is 33.9. The number of carbonyl (C=O) groups excluding carboxylic acids is 5. The Balaban J connectivity index is 1.42. The number of H-pyrrole nitrogens is 1. The minimum Gasteiger partial charge on any atom is -0.448 e. The number of aromatic amines is 1. The molecule has 1 fully saturated rings. The van der Waals surface area contributed by atoms with Gasteiger partial charge in [-0.1, -0.05) is 109 Å². The predicted octanol–water partition coefficient (Wildman–Crippen LogP) is 9.56. The van der Waals surface area contributed by atoms with Gasteiger partial charge in [0, 0.05) is 65.6 Å². The first kappa shape index (κ1) is 60.0. The summed E-state index contributed by atoms with van der Waals surface area (Å²) in [5, 5.41) is 22.9. The number of imidazole rings is 1. The van der Waals surface area contributed by atoms with Crippen molar-refractivity contribution in [1.82, 2.24) is 24.7 Å². The summed E-state index contributed by atoms with van der Waals surface area (Å²) >= 11 is 0. The van der Waals surface area contributed by atoms with Crippen LogP contribution in [0.3, 0.4) is 0 Å². The molecule has 2 heterocycles. The molecule has 1 aliphatic heterocycles. The van der Waals surface area contributed by atoms with Gasteiger partial charge in [0.25, 0.3) is 5.69 Å². The summed E-state index contributed by atoms with van der Waals surface area (Å²) < 4.78 is 17.2. The first-order valence-corrected chi connectivity index (χ1v) is 27.3. The number of likely N-dealkylation sites (N-methyl/N-ethyl adjacent to an activating group) is 2. The van der Waals surface area contributed by atoms with Crippen molar-refractivity contribution in [3.8, 4) is 0 Å². The molecule has 0 spiro atoms. The molecule has 0 radical (unpaired) electrons. The maximum atomic E-state index is 14.7. The average Bonchev–Trinajstić information content (AvgIpc) is 4.01. The fourth-order valence-electron chi connectivity index (χ4n) is 9.98. The van der Waals surface area contributed by atoms with Crippen molar-refractivity contribution in [3.63, 3.8) is 0 Å². The number of ether oxygens (including phenoxy) is 3. The van der Waals surface area contributed by atoms with Gasteiger partial charge in [0.1, 0.15) is 12.4 Å². The van der Waals surface area contributed by atoms with Gasteiger partial charge in [-0.25, -0.2) is 9.78 Å². The van der Waals surface area contributed by atoms with Crippen LogP contribution in [0.2, 0.25) is 0 Å². The number of aliphatic hydroxyl groups excluding tert-OH is 1. The van der Waals surface area contributed by atoms with Crippen LogP contribution in [0.4, 0.5) is 10.5 Å². The van der Waals surface area contributed by atoms with Crippen LogP contribution >= 0.6 is 21.6 Å². The van der Waals surface area contributed by atoms with Crippen LogP contribution in [0.1, 0.15) is 119 Å². The molecule has 0 unspecified atom stereocenters. The quantitative estimate of drug-likeness (QED) is 0.0394. The van der Waals surface area contributed by atoms with Crippen LogP contribution in [0.25, 0.3) is 11.0 Å². The highest BCUT2D eigenvalue weighted by Gasteiger charge is 2.44. The topological polar surface area (TPSA) is 215 Å². The van der Waals surface area contributed by atoms with E-state index in [4.69, 9.17) is 14.2 Å². The standard InChI is InChI=1S/C53H80N6O11S2/c1-15-33(6)47(43(68-13)29-44(62)58-26-20-25-40(58)49(69-14)35(8)41(60)27-34(7)48(63)36-21-17-16-18-22-36)56(11)50(64)37(31(2)3)28-42(61)46(32(4)5)57(12)52(65)70-30-53(9,10)72-71-51-54-38-23-19-24-39(59(66)67)45(38)55-51/h16-19,21-24,31-35,37,40,43,46-49,63H,15,20,25-30H2,1-14H3,(H,54,55)/t33-,34-,35-,37-,40-,43+,46-,47-,48+,49+/m0/s1. The van der Waals surface area contributed by atoms with Gasteiger partial charge in [0.05, 0.1) is 58.0 Å². The number of non-ortho nitro benzene ring substituents is 1. The zero-order chi connectivity index (χ0) is 53.8. The minimum atomic E-state index is -0.894. The monoisotopic (exact) mass is 1040 g/mol. The van der Waals surface area contributed by atoms with Gasteiger partial charge >= 0.3 is 6.09 Å². The Bertz CT molecular complexity index is 2300. The molecule has 19 heteroatoms. The zero-order valence-electron chi connectivity index (χ0n) is 44.8. The van der Waals surface area contributed by atoms with Crippen LogP contribution < -0.4 is 0 Å². The molecule has 3 amide bonds. The largest absolute Gasteiger partial charge is 0.448 e. The summed E-state index contributed by atoms with van der Waals surface area (Å²) in [7, 11) is 8.97. The third kappa shape index (κ3) is 15.3. The van der Waals surface area contributed by atoms with Gasteiger partial charge in [-0.15, -0.1) is 0 Å². The Labute approximate surface area is 434 Å². The van der Waals surface area contributed by atoms with Crippen LogP contribution in [-0.4, -0.2) is 141 Å². The van der Waals surface area contributed by atoms with E-state index in [9.17, 15) is 39.2 Å². The van der Waals surface area contributed by atoms with E-state index in [0.29, 0.717) is 30.1 Å². The molecule has 1 aliphatic rings. The number of aromatic nitrogens is 2. The molecule has 72 heavy (non-hydrogen) atoms. The maximum Gasteiger partial charge on any atom is 0.410 e. The highest BCUT2D eigenvalue weighted by molar-refractivity contribution is 8.77. The number of Topliss-reactive ketones (excluding diaryl/α,β-unsaturated/α-hetero) is 2. The number of nitrogens with one attached hydrogen (secondary N) is 1. The van der Waals surface area contributed by atoms with Crippen LogP contribution in [0.15, 0.2) is 53.7 Å². The van der Waals surface area contributed by atoms with Gasteiger partial charge < -0.3 is 39.0 Å². The van der Waals surface area contributed by atoms with E-state index in [1.807, 2.05) is 99.6 Å². The molecule has 400 valence electrons. The summed E-state index contributed by atoms with van der Waals surface area (Å²) in [6.07, 6.45) is -0.702. The highest BCUT2D eigenvalue weighted by atomic mass is 33.1. The number of methoxy groups -OCH3 is 2. The number of hydrogen-bond donors (Lipinski definition) is 2. The molecule has 1 saturated heterocycles. The van der Waals surface area contributed by atoms with Crippen LogP contribution in [-0.2, 0) is 33.4 Å². The van der Waals surface area contributed by atoms with Gasteiger partial charge in [-0.05, 0) is 72.8 Å². The number of aliphatic hydroxyl groups is 1. The number of likely N-dealkylation sites (tertiary alicyclic amines) is 1. The maximum absolute atomic E-state index is 14.7. The number of nitro groups is 1. The van der Waals surface area contributed by atoms with Crippen LogP contribution in [0.5, 0.6) is 0 Å². The second-order valence-electron chi connectivity index (χ2n) is 20.9. The molecule has 3 aromatic rings. The van der Waals surface area contributed by atoms with Crippen LogP contribution in [0, 0.1) is 45.6 Å². The van der Waals surface area contributed by atoms with Crippen molar-refractivity contribution in [2.24, 2.45) is 35.5 Å². The fourth-order valence-corrected chi connectivity index (χ4v) is 12.0. The third-order valence-electron chi connectivity index (χ3n) is 14.3. The van der Waals surface area contributed by atoms with Gasteiger partial charge in [-0.2, -0.15) is 0 Å². The normalized spacial score (nSPS) is 18.0. The molecular weight excluding hydrogens is 961 g/mol. The Hall–Kier alpha value is -4.56. The average molecular weight is 1040 g/mol. The van der Waals surface area contributed by atoms with E-state index < -0.39 is 58.0 Å². The number of nitrogens with zero attached hydrogens (tertiary/aromatic N) is 5. The molecule has 2 N–H and O–H groups in total. The van der Waals surface area contributed by atoms with E-state index >= 15 is 0 Å². The van der Waals surface area contributed by atoms with Crippen molar-refractivity contribution in [2.75, 3.05) is 41.5 Å². The van der Waals surface area contributed by atoms with Gasteiger partial charge in [-0.3, -0.25) is 29.3 Å². The van der Waals surface area contributed by atoms with Crippen molar-refractivity contribution >= 4 is 67.8 Å². The number of fused-ring (bicyclic) bond motifs is 1. The number of amides is 3. The van der Waals surface area contributed by atoms with E-state index in [-0.39, 0.29) is 90.2 Å². The second-order valence-corrected chi connectivity index (χ2v) is 23.7. The molecule has 2 aromatic carbocycles.